The highest BCUT2D eigenvalue weighted by Gasteiger charge is 2.20. The summed E-state index contributed by atoms with van der Waals surface area (Å²) < 4.78 is 0. The lowest BCUT2D eigenvalue weighted by atomic mass is 10.1. The van der Waals surface area contributed by atoms with Crippen LogP contribution in [0.15, 0.2) is 0 Å². The molecule has 0 aromatic carbocycles. The smallest absolute Gasteiger partial charge is 0.237 e. The molecule has 2 unspecified atom stereocenters. The molecule has 0 aliphatic rings. The molecule has 0 rings (SSSR count). The Kier molecular flexibility index (Phi) is 8.21. The molecule has 3 N–H and O–H groups in total. The molecule has 0 aliphatic heterocycles. The van der Waals surface area contributed by atoms with Gasteiger partial charge >= 0.3 is 0 Å². The number of nitrogens with two attached hydrogens (primary N) is 1. The Morgan fingerprint density at radius 2 is 2.00 bits per heavy atom. The molecule has 0 spiro atoms. The number of carbonyl (C=O) groups excluding carboxylic acids is 1. The zero-order valence-corrected chi connectivity index (χ0v) is 11.1. The Bertz CT molecular complexity index is 197. The molecule has 16 heavy (non-hydrogen) atoms. The van der Waals surface area contributed by atoms with Crippen LogP contribution in [0.2, 0.25) is 0 Å². The van der Waals surface area contributed by atoms with Gasteiger partial charge in [0, 0.05) is 19.1 Å². The van der Waals surface area contributed by atoms with Crippen molar-refractivity contribution in [2.75, 3.05) is 19.6 Å². The maximum absolute atomic E-state index is 11.9. The monoisotopic (exact) mass is 229 g/mol. The molecule has 0 saturated heterocycles. The van der Waals surface area contributed by atoms with Crippen LogP contribution in [0.4, 0.5) is 0 Å². The van der Waals surface area contributed by atoms with Crippen molar-refractivity contribution in [1.82, 2.24) is 10.2 Å². The van der Waals surface area contributed by atoms with Crippen molar-refractivity contribution in [3.63, 3.8) is 0 Å². The summed E-state index contributed by atoms with van der Waals surface area (Å²) in [4.78, 5) is 14.0. The average molecular weight is 229 g/mol. The highest BCUT2D eigenvalue weighted by Crippen LogP contribution is 2.01. The summed E-state index contributed by atoms with van der Waals surface area (Å²) in [6, 6.07) is 0.171. The van der Waals surface area contributed by atoms with Gasteiger partial charge in [0.15, 0.2) is 0 Å². The number of hydrogen-bond donors (Lipinski definition) is 2. The van der Waals surface area contributed by atoms with Gasteiger partial charge in [-0.1, -0.05) is 20.3 Å². The van der Waals surface area contributed by atoms with E-state index in [1.165, 1.54) is 0 Å². The minimum atomic E-state index is -0.0899. The largest absolute Gasteiger partial charge is 0.352 e. The molecule has 0 aromatic heterocycles. The van der Waals surface area contributed by atoms with E-state index in [1.54, 1.807) is 0 Å². The van der Waals surface area contributed by atoms with Gasteiger partial charge in [-0.25, -0.2) is 0 Å². The number of carbonyl (C=O) groups is 1. The van der Waals surface area contributed by atoms with Crippen LogP contribution in [0.3, 0.4) is 0 Å². The SMILES string of the molecule is CCCC(C)NC(=O)C(C)N(CC)CCN. The Hall–Kier alpha value is -0.610. The highest BCUT2D eigenvalue weighted by atomic mass is 16.2. The number of nitrogens with zero attached hydrogens (tertiary/aromatic N) is 1. The van der Waals surface area contributed by atoms with E-state index in [9.17, 15) is 4.79 Å². The molecule has 4 heteroatoms. The molecular formula is C12H27N3O. The van der Waals surface area contributed by atoms with Crippen molar-refractivity contribution in [2.45, 2.75) is 52.6 Å². The molecule has 0 saturated carbocycles. The van der Waals surface area contributed by atoms with Gasteiger partial charge in [0.25, 0.3) is 0 Å². The second-order valence-corrected chi connectivity index (χ2v) is 4.29. The quantitative estimate of drug-likeness (QED) is 0.652. The van der Waals surface area contributed by atoms with Crippen LogP contribution in [0.5, 0.6) is 0 Å². The van der Waals surface area contributed by atoms with Gasteiger partial charge in [-0.2, -0.15) is 0 Å². The summed E-state index contributed by atoms with van der Waals surface area (Å²) in [5.41, 5.74) is 5.52. The fraction of sp³-hybridized carbons (Fsp3) is 0.917. The fourth-order valence-corrected chi connectivity index (χ4v) is 1.83. The van der Waals surface area contributed by atoms with E-state index in [0.29, 0.717) is 6.54 Å². The van der Waals surface area contributed by atoms with Crippen LogP contribution in [-0.4, -0.2) is 42.5 Å². The molecule has 1 amide bonds. The number of amides is 1. The van der Waals surface area contributed by atoms with Crippen LogP contribution in [0.1, 0.15) is 40.5 Å². The van der Waals surface area contributed by atoms with Crippen molar-refractivity contribution in [3.8, 4) is 0 Å². The van der Waals surface area contributed by atoms with E-state index in [4.69, 9.17) is 5.73 Å². The Morgan fingerprint density at radius 3 is 2.44 bits per heavy atom. The van der Waals surface area contributed by atoms with E-state index in [-0.39, 0.29) is 18.0 Å². The van der Waals surface area contributed by atoms with Crippen LogP contribution in [-0.2, 0) is 4.79 Å². The van der Waals surface area contributed by atoms with E-state index >= 15 is 0 Å². The minimum Gasteiger partial charge on any atom is -0.352 e. The molecule has 0 radical (unpaired) electrons. The lowest BCUT2D eigenvalue weighted by Gasteiger charge is -2.27. The average Bonchev–Trinajstić information content (AvgIpc) is 2.25. The third kappa shape index (κ3) is 5.47. The van der Waals surface area contributed by atoms with Gasteiger partial charge in [-0.15, -0.1) is 0 Å². The second kappa shape index (κ2) is 8.53. The maximum atomic E-state index is 11.9. The number of nitrogens with one attached hydrogen (secondary N) is 1. The van der Waals surface area contributed by atoms with E-state index in [0.717, 1.165) is 25.9 Å². The van der Waals surface area contributed by atoms with E-state index < -0.39 is 0 Å². The first-order valence-electron chi connectivity index (χ1n) is 6.31. The summed E-state index contributed by atoms with van der Waals surface area (Å²) in [7, 11) is 0. The zero-order chi connectivity index (χ0) is 12.6. The van der Waals surface area contributed by atoms with Crippen LogP contribution >= 0.6 is 0 Å². The minimum absolute atomic E-state index is 0.0899. The summed E-state index contributed by atoms with van der Waals surface area (Å²) >= 11 is 0. The molecule has 2 atom stereocenters. The highest BCUT2D eigenvalue weighted by molar-refractivity contribution is 5.81. The van der Waals surface area contributed by atoms with Crippen LogP contribution in [0.25, 0.3) is 0 Å². The molecular weight excluding hydrogens is 202 g/mol. The molecule has 96 valence electrons. The first-order valence-corrected chi connectivity index (χ1v) is 6.31. The van der Waals surface area contributed by atoms with Crippen molar-refractivity contribution in [1.29, 1.82) is 0 Å². The van der Waals surface area contributed by atoms with Gasteiger partial charge in [-0.05, 0) is 26.8 Å². The summed E-state index contributed by atoms with van der Waals surface area (Å²) in [5.74, 6) is 0.108. The first kappa shape index (κ1) is 15.4. The summed E-state index contributed by atoms with van der Waals surface area (Å²) in [6.45, 7) is 10.4. The predicted octanol–water partition coefficient (Wildman–Crippen LogP) is 0.960. The summed E-state index contributed by atoms with van der Waals surface area (Å²) in [6.07, 6.45) is 2.12. The Labute approximate surface area is 99.6 Å². The van der Waals surface area contributed by atoms with Crippen molar-refractivity contribution in [2.24, 2.45) is 5.73 Å². The second-order valence-electron chi connectivity index (χ2n) is 4.29. The number of rotatable bonds is 8. The summed E-state index contributed by atoms with van der Waals surface area (Å²) in [5, 5.41) is 3.03. The zero-order valence-electron chi connectivity index (χ0n) is 11.1. The third-order valence-electron chi connectivity index (χ3n) is 2.86. The van der Waals surface area contributed by atoms with Crippen molar-refractivity contribution >= 4 is 5.91 Å². The standard InChI is InChI=1S/C12H27N3O/c1-5-7-10(3)14-12(16)11(4)15(6-2)9-8-13/h10-11H,5-9,13H2,1-4H3,(H,14,16). The van der Waals surface area contributed by atoms with Gasteiger partial charge < -0.3 is 11.1 Å². The molecule has 0 aromatic rings. The van der Waals surface area contributed by atoms with Crippen molar-refractivity contribution < 1.29 is 4.79 Å². The van der Waals surface area contributed by atoms with E-state index in [2.05, 4.69) is 24.1 Å². The van der Waals surface area contributed by atoms with Crippen molar-refractivity contribution in [3.05, 3.63) is 0 Å². The van der Waals surface area contributed by atoms with Crippen LogP contribution < -0.4 is 11.1 Å². The van der Waals surface area contributed by atoms with Gasteiger partial charge in [-0.3, -0.25) is 9.69 Å². The Balaban J connectivity index is 4.14. The Morgan fingerprint density at radius 1 is 1.38 bits per heavy atom. The third-order valence-corrected chi connectivity index (χ3v) is 2.86. The number of likely N-dealkylation sites (N-methyl/N-ethyl adjacent to an activating group) is 1. The molecule has 0 aliphatic carbocycles. The fourth-order valence-electron chi connectivity index (χ4n) is 1.83. The molecule has 0 fully saturated rings. The van der Waals surface area contributed by atoms with Gasteiger partial charge in [0.2, 0.25) is 5.91 Å². The predicted molar refractivity (Wildman–Crippen MR) is 68.3 cm³/mol. The van der Waals surface area contributed by atoms with Crippen LogP contribution in [0, 0.1) is 0 Å². The topological polar surface area (TPSA) is 58.4 Å². The normalized spacial score (nSPS) is 14.9. The molecule has 0 heterocycles. The molecule has 4 nitrogen and oxygen atoms in total. The number of hydrogen-bond acceptors (Lipinski definition) is 3. The van der Waals surface area contributed by atoms with E-state index in [1.807, 2.05) is 13.8 Å². The lowest BCUT2D eigenvalue weighted by molar-refractivity contribution is -0.126. The van der Waals surface area contributed by atoms with Gasteiger partial charge in [0.1, 0.15) is 0 Å². The van der Waals surface area contributed by atoms with Gasteiger partial charge in [0.05, 0.1) is 6.04 Å². The lowest BCUT2D eigenvalue weighted by Crippen LogP contribution is -2.48. The maximum Gasteiger partial charge on any atom is 0.237 e. The molecule has 0 bridgehead atoms. The first-order chi connectivity index (χ1) is 7.56.